The average molecular weight is 337 g/mol. The fraction of sp³-hybridized carbons (Fsp3) is 0.556. The first-order valence-corrected chi connectivity index (χ1v) is 8.13. The third-order valence-corrected chi connectivity index (χ3v) is 4.14. The third-order valence-electron chi connectivity index (χ3n) is 4.14. The van der Waals surface area contributed by atoms with Gasteiger partial charge in [0.05, 0.1) is 5.92 Å². The van der Waals surface area contributed by atoms with Gasteiger partial charge >= 0.3 is 12.1 Å². The maximum Gasteiger partial charge on any atom is 0.410 e. The van der Waals surface area contributed by atoms with Gasteiger partial charge in [0.15, 0.2) is 0 Å². The van der Waals surface area contributed by atoms with Crippen molar-refractivity contribution in [2.24, 2.45) is 5.92 Å². The van der Waals surface area contributed by atoms with Gasteiger partial charge in [-0.3, -0.25) is 4.79 Å². The Morgan fingerprint density at radius 3 is 2.42 bits per heavy atom. The van der Waals surface area contributed by atoms with Crippen LogP contribution < -0.4 is 0 Å². The number of carbonyl (C=O) groups is 2. The van der Waals surface area contributed by atoms with Crippen LogP contribution >= 0.6 is 0 Å². The molecule has 1 heterocycles. The van der Waals surface area contributed by atoms with Gasteiger partial charge in [-0.05, 0) is 57.2 Å². The van der Waals surface area contributed by atoms with E-state index in [4.69, 9.17) is 4.74 Å². The number of piperidine rings is 1. The van der Waals surface area contributed by atoms with E-state index in [1.807, 2.05) is 20.8 Å². The molecule has 0 saturated carbocycles. The summed E-state index contributed by atoms with van der Waals surface area (Å²) in [6, 6.07) is 5.74. The molecule has 1 aromatic carbocycles. The lowest BCUT2D eigenvalue weighted by Gasteiger charge is -2.35. The van der Waals surface area contributed by atoms with Crippen molar-refractivity contribution in [2.75, 3.05) is 13.1 Å². The number of carboxylic acids is 1. The summed E-state index contributed by atoms with van der Waals surface area (Å²) in [7, 11) is 0. The molecule has 1 fully saturated rings. The molecule has 0 aliphatic carbocycles. The van der Waals surface area contributed by atoms with Crippen molar-refractivity contribution in [2.45, 2.75) is 45.1 Å². The highest BCUT2D eigenvalue weighted by molar-refractivity contribution is 5.76. The van der Waals surface area contributed by atoms with Crippen molar-refractivity contribution < 1.29 is 23.8 Å². The van der Waals surface area contributed by atoms with Gasteiger partial charge in [0.2, 0.25) is 0 Å². The van der Waals surface area contributed by atoms with E-state index in [0.29, 0.717) is 31.5 Å². The Hall–Kier alpha value is -2.11. The Balaban J connectivity index is 2.04. The van der Waals surface area contributed by atoms with Crippen LogP contribution in [0.5, 0.6) is 0 Å². The fourth-order valence-electron chi connectivity index (χ4n) is 3.06. The number of carbonyl (C=O) groups excluding carboxylic acids is 1. The summed E-state index contributed by atoms with van der Waals surface area (Å²) in [5, 5.41) is 9.57. The predicted octanol–water partition coefficient (Wildman–Crippen LogP) is 3.64. The van der Waals surface area contributed by atoms with Crippen LogP contribution in [0.1, 0.15) is 45.1 Å². The molecule has 1 aromatic rings. The zero-order valence-electron chi connectivity index (χ0n) is 14.3. The van der Waals surface area contributed by atoms with Crippen LogP contribution in [-0.4, -0.2) is 40.8 Å². The summed E-state index contributed by atoms with van der Waals surface area (Å²) in [6.07, 6.45) is 0.720. The summed E-state index contributed by atoms with van der Waals surface area (Å²) in [6.45, 7) is 6.31. The van der Waals surface area contributed by atoms with E-state index >= 15 is 0 Å². The molecule has 0 aromatic heterocycles. The number of hydrogen-bond donors (Lipinski definition) is 1. The Morgan fingerprint density at radius 2 is 1.92 bits per heavy atom. The maximum atomic E-state index is 13.4. The largest absolute Gasteiger partial charge is 0.481 e. The minimum atomic E-state index is -0.962. The van der Waals surface area contributed by atoms with E-state index in [1.165, 1.54) is 18.2 Å². The van der Waals surface area contributed by atoms with Gasteiger partial charge in [-0.2, -0.15) is 0 Å². The summed E-state index contributed by atoms with van der Waals surface area (Å²) >= 11 is 0. The van der Waals surface area contributed by atoms with Crippen molar-refractivity contribution in [3.63, 3.8) is 0 Å². The minimum absolute atomic E-state index is 0.136. The van der Waals surface area contributed by atoms with Crippen molar-refractivity contribution in [3.8, 4) is 0 Å². The Morgan fingerprint density at radius 1 is 1.29 bits per heavy atom. The van der Waals surface area contributed by atoms with Crippen molar-refractivity contribution in [1.82, 2.24) is 4.90 Å². The molecular weight excluding hydrogens is 313 g/mol. The Kier molecular flexibility index (Phi) is 5.47. The smallest absolute Gasteiger partial charge is 0.410 e. The van der Waals surface area contributed by atoms with Crippen LogP contribution in [-0.2, 0) is 9.53 Å². The molecule has 1 N–H and O–H groups in total. The number of likely N-dealkylation sites (tertiary alicyclic amines) is 1. The molecule has 1 saturated heterocycles. The second-order valence-corrected chi connectivity index (χ2v) is 7.18. The second-order valence-electron chi connectivity index (χ2n) is 7.18. The standard InChI is InChI=1S/C18H24FNO4/c1-18(2,3)24-17(23)20-9-7-12(8-10-20)15(16(21)22)13-5-4-6-14(19)11-13/h4-6,11-12,15H,7-10H2,1-3H3,(H,21,22). The zero-order valence-corrected chi connectivity index (χ0v) is 14.3. The lowest BCUT2D eigenvalue weighted by Crippen LogP contribution is -2.43. The Labute approximate surface area is 141 Å². The lowest BCUT2D eigenvalue weighted by atomic mass is 9.80. The van der Waals surface area contributed by atoms with Gasteiger partial charge in [-0.1, -0.05) is 12.1 Å². The van der Waals surface area contributed by atoms with Crippen molar-refractivity contribution in [3.05, 3.63) is 35.6 Å². The van der Waals surface area contributed by atoms with Crippen LogP contribution in [0.2, 0.25) is 0 Å². The molecule has 0 bridgehead atoms. The first-order chi connectivity index (χ1) is 11.2. The van der Waals surface area contributed by atoms with Crippen LogP contribution in [0.25, 0.3) is 0 Å². The number of amides is 1. The number of halogens is 1. The third kappa shape index (κ3) is 4.69. The van der Waals surface area contributed by atoms with Gasteiger partial charge in [0.1, 0.15) is 11.4 Å². The van der Waals surface area contributed by atoms with Crippen LogP contribution in [0.15, 0.2) is 24.3 Å². The predicted molar refractivity (Wildman–Crippen MR) is 87.3 cm³/mol. The molecule has 2 rings (SSSR count). The normalized spacial score (nSPS) is 17.4. The second kappa shape index (κ2) is 7.20. The molecule has 1 atom stereocenters. The molecular formula is C18H24FNO4. The van der Waals surface area contributed by atoms with Gasteiger partial charge in [0, 0.05) is 13.1 Å². The molecule has 1 aliphatic rings. The molecule has 6 heteroatoms. The van der Waals surface area contributed by atoms with Crippen LogP contribution in [0.4, 0.5) is 9.18 Å². The van der Waals surface area contributed by atoms with Gasteiger partial charge in [-0.15, -0.1) is 0 Å². The summed E-state index contributed by atoms with van der Waals surface area (Å²) in [5.41, 5.74) is -0.0859. The average Bonchev–Trinajstić information content (AvgIpc) is 2.46. The van der Waals surface area contributed by atoms with Crippen molar-refractivity contribution >= 4 is 12.1 Å². The monoisotopic (exact) mass is 337 g/mol. The molecule has 0 radical (unpaired) electrons. The number of benzene rings is 1. The quantitative estimate of drug-likeness (QED) is 0.914. The van der Waals surface area contributed by atoms with E-state index < -0.39 is 23.3 Å². The van der Waals surface area contributed by atoms with Crippen molar-refractivity contribution in [1.29, 1.82) is 0 Å². The first-order valence-electron chi connectivity index (χ1n) is 8.13. The van der Waals surface area contributed by atoms with E-state index in [9.17, 15) is 19.1 Å². The minimum Gasteiger partial charge on any atom is -0.481 e. The van der Waals surface area contributed by atoms with Gasteiger partial charge < -0.3 is 14.7 Å². The van der Waals surface area contributed by atoms with E-state index in [0.717, 1.165) is 0 Å². The number of aliphatic carboxylic acids is 1. The highest BCUT2D eigenvalue weighted by Gasteiger charge is 2.35. The maximum absolute atomic E-state index is 13.4. The molecule has 0 spiro atoms. The topological polar surface area (TPSA) is 66.8 Å². The summed E-state index contributed by atoms with van der Waals surface area (Å²) < 4.78 is 18.8. The van der Waals surface area contributed by atoms with E-state index in [2.05, 4.69) is 0 Å². The molecule has 1 amide bonds. The summed E-state index contributed by atoms with van der Waals surface area (Å²) in [5.74, 6) is -2.30. The molecule has 24 heavy (non-hydrogen) atoms. The van der Waals surface area contributed by atoms with Gasteiger partial charge in [0.25, 0.3) is 0 Å². The van der Waals surface area contributed by atoms with Crippen LogP contribution in [0.3, 0.4) is 0 Å². The highest BCUT2D eigenvalue weighted by Crippen LogP contribution is 2.33. The molecule has 5 nitrogen and oxygen atoms in total. The van der Waals surface area contributed by atoms with E-state index in [-0.39, 0.29) is 12.0 Å². The van der Waals surface area contributed by atoms with Crippen LogP contribution in [0, 0.1) is 11.7 Å². The summed E-state index contributed by atoms with van der Waals surface area (Å²) in [4.78, 5) is 25.4. The highest BCUT2D eigenvalue weighted by atomic mass is 19.1. The number of rotatable bonds is 3. The SMILES string of the molecule is CC(C)(C)OC(=O)N1CCC(C(C(=O)O)c2cccc(F)c2)CC1. The number of hydrogen-bond acceptors (Lipinski definition) is 3. The first kappa shape index (κ1) is 18.2. The number of carboxylic acid groups (broad SMARTS) is 1. The fourth-order valence-corrected chi connectivity index (χ4v) is 3.06. The Bertz CT molecular complexity index is 603. The van der Waals surface area contributed by atoms with Gasteiger partial charge in [-0.25, -0.2) is 9.18 Å². The zero-order chi connectivity index (χ0) is 17.9. The molecule has 1 unspecified atom stereocenters. The lowest BCUT2D eigenvalue weighted by molar-refractivity contribution is -0.140. The molecule has 132 valence electrons. The number of ether oxygens (including phenoxy) is 1. The number of nitrogens with zero attached hydrogens (tertiary/aromatic N) is 1. The van der Waals surface area contributed by atoms with E-state index in [1.54, 1.807) is 11.0 Å². The molecule has 1 aliphatic heterocycles.